The Morgan fingerprint density at radius 2 is 1.81 bits per heavy atom. The smallest absolute Gasteiger partial charge is 0.315 e. The van der Waals surface area contributed by atoms with Gasteiger partial charge in [0.1, 0.15) is 6.61 Å². The molecule has 0 N–H and O–H groups in total. The van der Waals surface area contributed by atoms with Crippen LogP contribution in [0.15, 0.2) is 12.1 Å². The molecule has 1 rings (SSSR count). The van der Waals surface area contributed by atoms with Gasteiger partial charge in [-0.25, -0.2) is 0 Å². The average Bonchev–Trinajstić information content (AvgIpc) is 2.46. The molecule has 0 fully saturated rings. The molecular formula is C13H17NO6S. The number of nitro benzene ring substituents is 1. The number of benzene rings is 1. The molecule has 0 saturated heterocycles. The molecule has 1 aromatic carbocycles. The molecule has 0 aliphatic rings. The fourth-order valence-corrected chi connectivity index (χ4v) is 1.71. The highest BCUT2D eigenvalue weighted by Gasteiger charge is 2.21. The van der Waals surface area contributed by atoms with Crippen molar-refractivity contribution in [3.8, 4) is 11.5 Å². The molecule has 0 aliphatic heterocycles. The topological polar surface area (TPSA) is 87.9 Å². The minimum absolute atomic E-state index is 0.0941. The summed E-state index contributed by atoms with van der Waals surface area (Å²) in [7, 11) is 0. The number of hydrogen-bond acceptors (Lipinski definition) is 7. The van der Waals surface area contributed by atoms with Crippen molar-refractivity contribution >= 4 is 24.3 Å². The van der Waals surface area contributed by atoms with Crippen LogP contribution >= 0.6 is 12.6 Å². The minimum atomic E-state index is -0.556. The second-order valence-electron chi connectivity index (χ2n) is 3.87. The van der Waals surface area contributed by atoms with E-state index < -0.39 is 10.9 Å². The molecule has 0 saturated carbocycles. The van der Waals surface area contributed by atoms with Crippen molar-refractivity contribution in [2.24, 2.45) is 0 Å². The first-order chi connectivity index (χ1) is 10.0. The first kappa shape index (κ1) is 17.1. The molecule has 21 heavy (non-hydrogen) atoms. The number of hydrogen-bond donors (Lipinski definition) is 1. The second kappa shape index (κ2) is 8.35. The lowest BCUT2D eigenvalue weighted by Crippen LogP contribution is -2.08. The molecule has 0 aromatic heterocycles. The number of carbonyl (C=O) groups excluding carboxylic acids is 1. The van der Waals surface area contributed by atoms with Crippen molar-refractivity contribution in [2.45, 2.75) is 20.5 Å². The van der Waals surface area contributed by atoms with E-state index >= 15 is 0 Å². The number of nitrogens with zero attached hydrogens (tertiary/aromatic N) is 1. The van der Waals surface area contributed by atoms with Crippen LogP contribution in [0.4, 0.5) is 5.69 Å². The van der Waals surface area contributed by atoms with Crippen LogP contribution in [0.25, 0.3) is 0 Å². The van der Waals surface area contributed by atoms with Crippen molar-refractivity contribution in [3.63, 3.8) is 0 Å². The van der Waals surface area contributed by atoms with E-state index in [1.165, 1.54) is 12.1 Å². The lowest BCUT2D eigenvalue weighted by Gasteiger charge is -2.13. The van der Waals surface area contributed by atoms with E-state index in [0.717, 1.165) is 0 Å². The van der Waals surface area contributed by atoms with Gasteiger partial charge in [0.2, 0.25) is 0 Å². The Morgan fingerprint density at radius 1 is 1.24 bits per heavy atom. The molecule has 8 heteroatoms. The van der Waals surface area contributed by atoms with Crippen molar-refractivity contribution in [1.82, 2.24) is 0 Å². The van der Waals surface area contributed by atoms with Crippen LogP contribution in [0.1, 0.15) is 19.4 Å². The Bertz CT molecular complexity index is 520. The van der Waals surface area contributed by atoms with Gasteiger partial charge in [0, 0.05) is 0 Å². The maximum atomic E-state index is 11.1. The standard InChI is InChI=1S/C13H17NO6S/c1-3-18-11-5-9(7-20-13(15)8-21)10(14(16)17)6-12(11)19-4-2/h5-6,21H,3-4,7-8H2,1-2H3. The van der Waals surface area contributed by atoms with Gasteiger partial charge in [-0.05, 0) is 19.9 Å². The number of rotatable bonds is 8. The van der Waals surface area contributed by atoms with Crippen LogP contribution in [0.3, 0.4) is 0 Å². The van der Waals surface area contributed by atoms with E-state index in [9.17, 15) is 14.9 Å². The molecule has 0 amide bonds. The third-order valence-corrected chi connectivity index (χ3v) is 2.72. The van der Waals surface area contributed by atoms with Gasteiger partial charge < -0.3 is 14.2 Å². The summed E-state index contributed by atoms with van der Waals surface area (Å²) in [6.07, 6.45) is 0. The monoisotopic (exact) mass is 315 g/mol. The van der Waals surface area contributed by atoms with Crippen molar-refractivity contribution in [1.29, 1.82) is 0 Å². The predicted octanol–water partition coefficient (Wildman–Crippen LogP) is 2.37. The molecule has 0 heterocycles. The number of esters is 1. The summed E-state index contributed by atoms with van der Waals surface area (Å²) in [6, 6.07) is 2.73. The van der Waals surface area contributed by atoms with E-state index in [1.807, 2.05) is 0 Å². The fourth-order valence-electron chi connectivity index (χ4n) is 1.62. The first-order valence-corrected chi connectivity index (χ1v) is 7.00. The third-order valence-electron chi connectivity index (χ3n) is 2.46. The number of thiol groups is 1. The molecule has 0 aliphatic carbocycles. The van der Waals surface area contributed by atoms with E-state index in [4.69, 9.17) is 14.2 Å². The molecule has 0 unspecified atom stereocenters. The predicted molar refractivity (Wildman–Crippen MR) is 79.1 cm³/mol. The largest absolute Gasteiger partial charge is 0.490 e. The zero-order valence-corrected chi connectivity index (χ0v) is 12.7. The summed E-state index contributed by atoms with van der Waals surface area (Å²) in [5, 5.41) is 11.1. The lowest BCUT2D eigenvalue weighted by atomic mass is 10.1. The maximum absolute atomic E-state index is 11.1. The summed E-state index contributed by atoms with van der Waals surface area (Å²) in [4.78, 5) is 21.7. The Hall–Kier alpha value is -1.96. The average molecular weight is 315 g/mol. The first-order valence-electron chi connectivity index (χ1n) is 6.36. The molecular weight excluding hydrogens is 298 g/mol. The van der Waals surface area contributed by atoms with Gasteiger partial charge in [-0.2, -0.15) is 12.6 Å². The molecule has 0 spiro atoms. The fraction of sp³-hybridized carbons (Fsp3) is 0.462. The maximum Gasteiger partial charge on any atom is 0.315 e. The van der Waals surface area contributed by atoms with Crippen molar-refractivity contribution in [2.75, 3.05) is 19.0 Å². The second-order valence-corrected chi connectivity index (χ2v) is 4.19. The van der Waals surface area contributed by atoms with Gasteiger partial charge in [0.05, 0.1) is 35.5 Å². The highest BCUT2D eigenvalue weighted by atomic mass is 32.1. The van der Waals surface area contributed by atoms with Gasteiger partial charge >= 0.3 is 5.97 Å². The minimum Gasteiger partial charge on any atom is -0.490 e. The normalized spacial score (nSPS) is 10.0. The molecule has 0 radical (unpaired) electrons. The van der Waals surface area contributed by atoms with Crippen LogP contribution in [0.2, 0.25) is 0 Å². The summed E-state index contributed by atoms with van der Waals surface area (Å²) in [6.45, 7) is 4.07. The van der Waals surface area contributed by atoms with Gasteiger partial charge in [-0.15, -0.1) is 0 Å². The van der Waals surface area contributed by atoms with Gasteiger partial charge in [0.25, 0.3) is 5.69 Å². The molecule has 0 atom stereocenters. The van der Waals surface area contributed by atoms with Crippen LogP contribution in [0.5, 0.6) is 11.5 Å². The van der Waals surface area contributed by atoms with Crippen molar-refractivity contribution in [3.05, 3.63) is 27.8 Å². The molecule has 1 aromatic rings. The third kappa shape index (κ3) is 4.82. The number of ether oxygens (including phenoxy) is 3. The quantitative estimate of drug-likeness (QED) is 0.343. The summed E-state index contributed by atoms with van der Waals surface area (Å²) >= 11 is 3.77. The van der Waals surface area contributed by atoms with Gasteiger partial charge in [-0.1, -0.05) is 0 Å². The molecule has 0 bridgehead atoms. The van der Waals surface area contributed by atoms with E-state index in [1.54, 1.807) is 13.8 Å². The van der Waals surface area contributed by atoms with Crippen LogP contribution in [-0.2, 0) is 16.1 Å². The zero-order valence-electron chi connectivity index (χ0n) is 11.8. The number of nitro groups is 1. The zero-order chi connectivity index (χ0) is 15.8. The molecule has 116 valence electrons. The lowest BCUT2D eigenvalue weighted by molar-refractivity contribution is -0.385. The number of carbonyl (C=O) groups is 1. The van der Waals surface area contributed by atoms with Gasteiger partial charge in [-0.3, -0.25) is 14.9 Å². The highest BCUT2D eigenvalue weighted by molar-refractivity contribution is 7.81. The van der Waals surface area contributed by atoms with Crippen LogP contribution < -0.4 is 9.47 Å². The van der Waals surface area contributed by atoms with Crippen LogP contribution in [0, 0.1) is 10.1 Å². The van der Waals surface area contributed by atoms with E-state index in [0.29, 0.717) is 19.0 Å². The summed E-state index contributed by atoms with van der Waals surface area (Å²) in [5.41, 5.74) is 0.0518. The Morgan fingerprint density at radius 3 is 2.29 bits per heavy atom. The van der Waals surface area contributed by atoms with Crippen LogP contribution in [-0.4, -0.2) is 29.9 Å². The van der Waals surface area contributed by atoms with E-state index in [2.05, 4.69) is 12.6 Å². The summed E-state index contributed by atoms with van der Waals surface area (Å²) < 4.78 is 15.6. The SMILES string of the molecule is CCOc1cc(COC(=O)CS)c([N+](=O)[O-])cc1OCC. The van der Waals surface area contributed by atoms with E-state index in [-0.39, 0.29) is 29.4 Å². The Balaban J connectivity index is 3.16. The van der Waals surface area contributed by atoms with Gasteiger partial charge in [0.15, 0.2) is 11.5 Å². The highest BCUT2D eigenvalue weighted by Crippen LogP contribution is 2.35. The Labute approximate surface area is 127 Å². The Kier molecular flexibility index (Phi) is 6.80. The summed E-state index contributed by atoms with van der Waals surface area (Å²) in [5.74, 6) is 0.0139. The van der Waals surface area contributed by atoms with Crippen molar-refractivity contribution < 1.29 is 23.9 Å². The molecule has 7 nitrogen and oxygen atoms in total.